The van der Waals surface area contributed by atoms with E-state index in [9.17, 15) is 9.18 Å². The summed E-state index contributed by atoms with van der Waals surface area (Å²) in [7, 11) is 0. The summed E-state index contributed by atoms with van der Waals surface area (Å²) in [5.74, 6) is 0.375. The third-order valence-electron chi connectivity index (χ3n) is 5.22. The van der Waals surface area contributed by atoms with Crippen LogP contribution in [0.4, 0.5) is 9.18 Å². The van der Waals surface area contributed by atoms with Gasteiger partial charge in [0.05, 0.1) is 6.04 Å². The molecule has 0 radical (unpaired) electrons. The quantitative estimate of drug-likeness (QED) is 0.657. The van der Waals surface area contributed by atoms with Crippen molar-refractivity contribution >= 4 is 18.5 Å². The van der Waals surface area contributed by atoms with Crippen molar-refractivity contribution in [3.8, 4) is 0 Å². The standard InChI is InChI=1S/C20H28FN5O2/c1-16(12-28-18-4-2-3-17(21)11-18)24-19(27)26-9-5-20(15-26)13-25(14-20)10-8-23-7-6-22/h4,6-8,10-11,16,22H,2-3,5,9,12-15H2,1H3,(H,24,27)/b10-8+,22-6?,23-7?. The van der Waals surface area contributed by atoms with Gasteiger partial charge in [-0.1, -0.05) is 0 Å². The lowest BCUT2D eigenvalue weighted by molar-refractivity contribution is 0.0513. The topological polar surface area (TPSA) is 81.0 Å². The van der Waals surface area contributed by atoms with Gasteiger partial charge in [0.2, 0.25) is 0 Å². The first-order valence-electron chi connectivity index (χ1n) is 9.67. The van der Waals surface area contributed by atoms with Crippen molar-refractivity contribution in [1.82, 2.24) is 15.1 Å². The molecule has 0 aromatic rings. The molecule has 28 heavy (non-hydrogen) atoms. The molecule has 2 amide bonds. The van der Waals surface area contributed by atoms with Gasteiger partial charge in [-0.05, 0) is 25.8 Å². The van der Waals surface area contributed by atoms with Crippen LogP contribution in [-0.4, -0.2) is 67.1 Å². The van der Waals surface area contributed by atoms with E-state index in [0.29, 0.717) is 25.2 Å². The minimum atomic E-state index is -0.164. The van der Waals surface area contributed by atoms with E-state index in [1.165, 1.54) is 12.3 Å². The predicted octanol–water partition coefficient (Wildman–Crippen LogP) is 2.83. The molecule has 2 fully saturated rings. The largest absolute Gasteiger partial charge is 0.492 e. The van der Waals surface area contributed by atoms with Gasteiger partial charge in [0.15, 0.2) is 0 Å². The molecule has 8 heteroatoms. The van der Waals surface area contributed by atoms with Gasteiger partial charge >= 0.3 is 6.03 Å². The Kier molecular flexibility index (Phi) is 6.49. The highest BCUT2D eigenvalue weighted by atomic mass is 19.1. The summed E-state index contributed by atoms with van der Waals surface area (Å²) in [6.07, 6.45) is 11.5. The lowest BCUT2D eigenvalue weighted by Crippen LogP contribution is -2.56. The summed E-state index contributed by atoms with van der Waals surface area (Å²) in [5.41, 5.74) is 0.169. The number of rotatable bonds is 7. The van der Waals surface area contributed by atoms with Gasteiger partial charge in [0.25, 0.3) is 0 Å². The Balaban J connectivity index is 1.38. The molecule has 1 spiro atoms. The van der Waals surface area contributed by atoms with Crippen molar-refractivity contribution in [2.75, 3.05) is 32.8 Å². The number of ether oxygens (including phenoxy) is 1. The molecule has 0 saturated carbocycles. The molecule has 0 aromatic carbocycles. The van der Waals surface area contributed by atoms with Crippen molar-refractivity contribution in [3.63, 3.8) is 0 Å². The molecule has 2 heterocycles. The van der Waals surface area contributed by atoms with E-state index >= 15 is 0 Å². The molecule has 1 unspecified atom stereocenters. The zero-order chi connectivity index (χ0) is 20.0. The van der Waals surface area contributed by atoms with Crippen LogP contribution >= 0.6 is 0 Å². The van der Waals surface area contributed by atoms with Gasteiger partial charge < -0.3 is 25.3 Å². The first kappa shape index (κ1) is 20.1. The van der Waals surface area contributed by atoms with Crippen LogP contribution in [0.2, 0.25) is 0 Å². The average Bonchev–Trinajstić information content (AvgIpc) is 3.09. The van der Waals surface area contributed by atoms with Gasteiger partial charge in [-0.3, -0.25) is 4.99 Å². The van der Waals surface area contributed by atoms with Gasteiger partial charge in [-0.25, -0.2) is 9.18 Å². The normalized spacial score (nSPS) is 22.2. The minimum absolute atomic E-state index is 0.0723. The number of likely N-dealkylation sites (tertiary alicyclic amines) is 2. The Morgan fingerprint density at radius 1 is 1.50 bits per heavy atom. The number of nitrogens with one attached hydrogen (secondary N) is 2. The third-order valence-corrected chi connectivity index (χ3v) is 5.22. The SMILES string of the molecule is CC(COC1=CCCC(F)=C1)NC(=O)N1CCC2(CN(/C=C/N=CC=N)C2)C1. The highest BCUT2D eigenvalue weighted by Crippen LogP contribution is 2.39. The first-order chi connectivity index (χ1) is 13.5. The van der Waals surface area contributed by atoms with E-state index in [4.69, 9.17) is 10.1 Å². The van der Waals surface area contributed by atoms with E-state index in [0.717, 1.165) is 38.8 Å². The van der Waals surface area contributed by atoms with Crippen LogP contribution in [0.3, 0.4) is 0 Å². The number of carbonyl (C=O) groups excluding carboxylic acids is 1. The Bertz CT molecular complexity index is 709. The molecule has 1 aliphatic carbocycles. The number of hydrogen-bond acceptors (Lipinski definition) is 5. The minimum Gasteiger partial charge on any atom is -0.492 e. The fourth-order valence-electron chi connectivity index (χ4n) is 3.82. The molecule has 2 saturated heterocycles. The second-order valence-electron chi connectivity index (χ2n) is 7.74. The molecule has 1 atom stereocenters. The second-order valence-corrected chi connectivity index (χ2v) is 7.74. The van der Waals surface area contributed by atoms with Crippen molar-refractivity contribution in [3.05, 3.63) is 36.1 Å². The molecule has 0 bridgehead atoms. The highest BCUT2D eigenvalue weighted by Gasteiger charge is 2.47. The molecule has 0 aromatic heterocycles. The third kappa shape index (κ3) is 5.21. The summed E-state index contributed by atoms with van der Waals surface area (Å²) >= 11 is 0. The van der Waals surface area contributed by atoms with Crippen LogP contribution in [-0.2, 0) is 4.74 Å². The van der Waals surface area contributed by atoms with Crippen molar-refractivity contribution < 1.29 is 13.9 Å². The molecule has 2 N–H and O–H groups in total. The molecule has 7 nitrogen and oxygen atoms in total. The maximum Gasteiger partial charge on any atom is 0.317 e. The number of nitrogens with zero attached hydrogens (tertiary/aromatic N) is 3. The van der Waals surface area contributed by atoms with Gasteiger partial charge in [0.1, 0.15) is 18.2 Å². The lowest BCUT2D eigenvalue weighted by Gasteiger charge is -2.47. The van der Waals surface area contributed by atoms with E-state index in [2.05, 4.69) is 15.2 Å². The summed E-state index contributed by atoms with van der Waals surface area (Å²) in [5, 5.41) is 9.85. The number of allylic oxidation sites excluding steroid dienone is 3. The van der Waals surface area contributed by atoms with Gasteiger partial charge in [-0.2, -0.15) is 0 Å². The summed E-state index contributed by atoms with van der Waals surface area (Å²) in [4.78, 5) is 20.5. The van der Waals surface area contributed by atoms with Crippen molar-refractivity contribution in [2.24, 2.45) is 10.4 Å². The zero-order valence-corrected chi connectivity index (χ0v) is 16.2. The highest BCUT2D eigenvalue weighted by molar-refractivity contribution is 6.14. The average molecular weight is 389 g/mol. The van der Waals surface area contributed by atoms with Gasteiger partial charge in [-0.15, -0.1) is 0 Å². The maximum atomic E-state index is 13.3. The van der Waals surface area contributed by atoms with Crippen LogP contribution in [0.1, 0.15) is 26.2 Å². The van der Waals surface area contributed by atoms with E-state index in [-0.39, 0.29) is 23.3 Å². The molecular weight excluding hydrogens is 361 g/mol. The van der Waals surface area contributed by atoms with E-state index in [1.807, 2.05) is 24.1 Å². The molecule has 2 aliphatic heterocycles. The number of hydrogen-bond donors (Lipinski definition) is 2. The van der Waals surface area contributed by atoms with E-state index in [1.54, 1.807) is 6.20 Å². The number of halogens is 1. The molecule has 3 rings (SSSR count). The van der Waals surface area contributed by atoms with Crippen LogP contribution in [0.25, 0.3) is 0 Å². The predicted molar refractivity (Wildman–Crippen MR) is 107 cm³/mol. The van der Waals surface area contributed by atoms with Crippen molar-refractivity contribution in [2.45, 2.75) is 32.2 Å². The maximum absolute atomic E-state index is 13.3. The van der Waals surface area contributed by atoms with Gasteiger partial charge in [0, 0.05) is 68.9 Å². The fraction of sp³-hybridized carbons (Fsp3) is 0.550. The number of carbonyl (C=O) groups is 1. The van der Waals surface area contributed by atoms with Crippen LogP contribution in [0.15, 0.2) is 41.1 Å². The monoisotopic (exact) mass is 389 g/mol. The molecule has 152 valence electrons. The Hall–Kier alpha value is -2.64. The number of aliphatic imine (C=N–C) groups is 1. The summed E-state index contributed by atoms with van der Waals surface area (Å²) in [6.45, 7) is 5.53. The Morgan fingerprint density at radius 2 is 2.32 bits per heavy atom. The van der Waals surface area contributed by atoms with Crippen LogP contribution in [0, 0.1) is 10.8 Å². The second kappa shape index (κ2) is 9.03. The molecular formula is C20H28FN5O2. The Labute approximate surface area is 165 Å². The van der Waals surface area contributed by atoms with Crippen LogP contribution < -0.4 is 5.32 Å². The van der Waals surface area contributed by atoms with Crippen molar-refractivity contribution in [1.29, 1.82) is 5.41 Å². The smallest absolute Gasteiger partial charge is 0.317 e. The zero-order valence-electron chi connectivity index (χ0n) is 16.2. The Morgan fingerprint density at radius 3 is 3.07 bits per heavy atom. The summed E-state index contributed by atoms with van der Waals surface area (Å²) in [6, 6.07) is -0.229. The van der Waals surface area contributed by atoms with E-state index < -0.39 is 0 Å². The number of amides is 2. The molecule has 3 aliphatic rings. The summed E-state index contributed by atoms with van der Waals surface area (Å²) < 4.78 is 18.8. The number of urea groups is 1. The fourth-order valence-corrected chi connectivity index (χ4v) is 3.82. The van der Waals surface area contributed by atoms with Crippen LogP contribution in [0.5, 0.6) is 0 Å². The first-order valence-corrected chi connectivity index (χ1v) is 9.67. The lowest BCUT2D eigenvalue weighted by atomic mass is 9.79.